The number of amides is 1. The molecule has 1 heterocycles. The SMILES string of the molecule is CCN(Cc1cccnc1)S(=O)(=O)c1cc(C(=O)NOCC2CC2)c(Nc2ccc(I)cc2Cl)c(F)c1F. The number of hydrogen-bond donors (Lipinski definition) is 2. The van der Waals surface area contributed by atoms with Crippen LogP contribution in [-0.4, -0.2) is 36.8 Å². The van der Waals surface area contributed by atoms with Crippen LogP contribution in [0.25, 0.3) is 0 Å². The Morgan fingerprint density at radius 3 is 2.63 bits per heavy atom. The molecule has 1 fully saturated rings. The van der Waals surface area contributed by atoms with E-state index in [0.717, 1.165) is 26.8 Å². The maximum Gasteiger partial charge on any atom is 0.277 e. The Kier molecular flexibility index (Phi) is 9.19. The smallest absolute Gasteiger partial charge is 0.277 e. The van der Waals surface area contributed by atoms with Crippen LogP contribution in [-0.2, 0) is 21.4 Å². The number of benzene rings is 2. The molecule has 0 spiro atoms. The Hall–Kier alpha value is -2.39. The third-order valence-electron chi connectivity index (χ3n) is 5.84. The largest absolute Gasteiger partial charge is 0.351 e. The predicted octanol–water partition coefficient (Wildman–Crippen LogP) is 5.64. The van der Waals surface area contributed by atoms with Crippen LogP contribution in [0.5, 0.6) is 0 Å². The Bertz CT molecular complexity index is 1440. The van der Waals surface area contributed by atoms with Crippen molar-refractivity contribution in [2.45, 2.75) is 31.2 Å². The van der Waals surface area contributed by atoms with Crippen molar-refractivity contribution >= 4 is 61.5 Å². The van der Waals surface area contributed by atoms with Gasteiger partial charge in [0.05, 0.1) is 28.6 Å². The number of carbonyl (C=O) groups excluding carboxylic acids is 1. The molecule has 2 aromatic carbocycles. The van der Waals surface area contributed by atoms with Crippen molar-refractivity contribution in [3.05, 3.63) is 80.1 Å². The summed E-state index contributed by atoms with van der Waals surface area (Å²) in [7, 11) is -4.57. The average molecular weight is 677 g/mol. The minimum absolute atomic E-state index is 0.0391. The van der Waals surface area contributed by atoms with Gasteiger partial charge < -0.3 is 5.32 Å². The lowest BCUT2D eigenvalue weighted by molar-refractivity contribution is 0.0270. The van der Waals surface area contributed by atoms with Gasteiger partial charge >= 0.3 is 0 Å². The van der Waals surface area contributed by atoms with Crippen molar-refractivity contribution in [3.8, 4) is 0 Å². The van der Waals surface area contributed by atoms with Crippen LogP contribution in [0, 0.1) is 21.1 Å². The molecule has 13 heteroatoms. The van der Waals surface area contributed by atoms with Gasteiger partial charge in [0.25, 0.3) is 5.91 Å². The summed E-state index contributed by atoms with van der Waals surface area (Å²) in [5.74, 6) is -3.81. The number of hydroxylamine groups is 1. The summed E-state index contributed by atoms with van der Waals surface area (Å²) in [4.78, 5) is 21.3. The zero-order valence-corrected chi connectivity index (χ0v) is 23.9. The van der Waals surface area contributed by atoms with Gasteiger partial charge in [-0.05, 0) is 77.2 Å². The Labute approximate surface area is 237 Å². The number of nitrogens with zero attached hydrogens (tertiary/aromatic N) is 2. The van der Waals surface area contributed by atoms with E-state index in [1.807, 2.05) is 22.6 Å². The van der Waals surface area contributed by atoms with E-state index >= 15 is 8.78 Å². The van der Waals surface area contributed by atoms with E-state index < -0.39 is 43.7 Å². The van der Waals surface area contributed by atoms with Crippen LogP contribution in [0.2, 0.25) is 5.02 Å². The molecule has 2 N–H and O–H groups in total. The van der Waals surface area contributed by atoms with E-state index in [0.29, 0.717) is 11.5 Å². The number of hydrogen-bond acceptors (Lipinski definition) is 6. The Morgan fingerprint density at radius 2 is 2.00 bits per heavy atom. The fourth-order valence-corrected chi connectivity index (χ4v) is 6.01. The number of anilines is 2. The lowest BCUT2D eigenvalue weighted by atomic mass is 10.1. The number of rotatable bonds is 11. The summed E-state index contributed by atoms with van der Waals surface area (Å²) in [5, 5.41) is 2.84. The highest BCUT2D eigenvalue weighted by Gasteiger charge is 2.33. The lowest BCUT2D eigenvalue weighted by Gasteiger charge is -2.22. The lowest BCUT2D eigenvalue weighted by Crippen LogP contribution is -2.32. The van der Waals surface area contributed by atoms with E-state index in [1.54, 1.807) is 31.2 Å². The van der Waals surface area contributed by atoms with E-state index in [2.05, 4.69) is 15.8 Å². The van der Waals surface area contributed by atoms with Gasteiger partial charge in [-0.2, -0.15) is 4.31 Å². The molecule has 1 aliphatic rings. The van der Waals surface area contributed by atoms with Crippen LogP contribution in [0.1, 0.15) is 35.7 Å². The van der Waals surface area contributed by atoms with Gasteiger partial charge in [0.15, 0.2) is 11.6 Å². The third kappa shape index (κ3) is 6.60. The molecule has 0 radical (unpaired) electrons. The minimum Gasteiger partial charge on any atom is -0.351 e. The molecular weight excluding hydrogens is 653 g/mol. The number of carbonyl (C=O) groups is 1. The molecule has 0 atom stereocenters. The van der Waals surface area contributed by atoms with Crippen LogP contribution in [0.4, 0.5) is 20.2 Å². The molecule has 0 aliphatic heterocycles. The van der Waals surface area contributed by atoms with Crippen molar-refractivity contribution in [2.24, 2.45) is 5.92 Å². The summed E-state index contributed by atoms with van der Waals surface area (Å²) >= 11 is 8.29. The second-order valence-corrected chi connectivity index (χ2v) is 12.2. The molecule has 0 bridgehead atoms. The van der Waals surface area contributed by atoms with Crippen molar-refractivity contribution in [2.75, 3.05) is 18.5 Å². The normalized spacial score (nSPS) is 13.5. The molecule has 3 aromatic rings. The zero-order chi connectivity index (χ0) is 27.4. The number of nitrogens with one attached hydrogen (secondary N) is 2. The first kappa shape index (κ1) is 28.6. The number of aromatic nitrogens is 1. The Morgan fingerprint density at radius 1 is 1.24 bits per heavy atom. The second-order valence-electron chi connectivity index (χ2n) is 8.65. The maximum absolute atomic E-state index is 15.6. The van der Waals surface area contributed by atoms with Crippen molar-refractivity contribution in [1.29, 1.82) is 0 Å². The number of halogens is 4. The summed E-state index contributed by atoms with van der Waals surface area (Å²) in [6, 6.07) is 8.90. The van der Waals surface area contributed by atoms with Crippen LogP contribution in [0.15, 0.2) is 53.7 Å². The molecule has 1 saturated carbocycles. The third-order valence-corrected chi connectivity index (χ3v) is 8.75. The van der Waals surface area contributed by atoms with Crippen molar-refractivity contribution in [3.63, 3.8) is 0 Å². The summed E-state index contributed by atoms with van der Waals surface area (Å²) in [6.07, 6.45) is 4.94. The van der Waals surface area contributed by atoms with Crippen LogP contribution in [0.3, 0.4) is 0 Å². The molecule has 1 amide bonds. The van der Waals surface area contributed by atoms with E-state index in [9.17, 15) is 13.2 Å². The standard InChI is InChI=1S/C25H24ClF2IN4O4S/c1-2-33(13-16-4-3-9-30-12-16)38(35,36)21-11-18(25(34)32-37-14-15-5-6-15)24(23(28)22(21)27)31-20-8-7-17(29)10-19(20)26/h3-4,7-12,15,31H,2,5-6,13-14H2,1H3,(H,32,34). The molecule has 0 unspecified atom stereocenters. The molecular formula is C25H24ClF2IN4O4S. The van der Waals surface area contributed by atoms with E-state index in [4.69, 9.17) is 16.4 Å². The molecule has 1 aromatic heterocycles. The van der Waals surface area contributed by atoms with Crippen molar-refractivity contribution < 1.29 is 26.8 Å². The fraction of sp³-hybridized carbons (Fsp3) is 0.280. The van der Waals surface area contributed by atoms with Gasteiger partial charge in [-0.1, -0.05) is 24.6 Å². The topological polar surface area (TPSA) is 101 Å². The first-order chi connectivity index (χ1) is 18.1. The summed E-state index contributed by atoms with van der Waals surface area (Å²) in [6.45, 7) is 1.65. The highest BCUT2D eigenvalue weighted by Crippen LogP contribution is 2.35. The maximum atomic E-state index is 15.6. The van der Waals surface area contributed by atoms with Gasteiger partial charge in [0.1, 0.15) is 4.90 Å². The quantitative estimate of drug-likeness (QED) is 0.201. The molecule has 8 nitrogen and oxygen atoms in total. The van der Waals surface area contributed by atoms with Gasteiger partial charge in [-0.25, -0.2) is 22.7 Å². The number of pyridine rings is 1. The predicted molar refractivity (Wildman–Crippen MR) is 147 cm³/mol. The number of sulfonamides is 1. The molecule has 38 heavy (non-hydrogen) atoms. The first-order valence-electron chi connectivity index (χ1n) is 11.7. The molecule has 1 aliphatic carbocycles. The highest BCUT2D eigenvalue weighted by atomic mass is 127. The average Bonchev–Trinajstić information content (AvgIpc) is 3.71. The van der Waals surface area contributed by atoms with Gasteiger partial charge in [0.2, 0.25) is 10.0 Å². The van der Waals surface area contributed by atoms with E-state index in [1.165, 1.54) is 18.5 Å². The molecule has 0 saturated heterocycles. The van der Waals surface area contributed by atoms with Crippen LogP contribution >= 0.6 is 34.2 Å². The van der Waals surface area contributed by atoms with Gasteiger partial charge in [-0.15, -0.1) is 0 Å². The molecule has 4 rings (SSSR count). The fourth-order valence-electron chi connectivity index (χ4n) is 3.58. The summed E-state index contributed by atoms with van der Waals surface area (Å²) in [5.41, 5.74) is 1.91. The van der Waals surface area contributed by atoms with Gasteiger partial charge in [0, 0.05) is 29.1 Å². The second kappa shape index (κ2) is 12.2. The van der Waals surface area contributed by atoms with Crippen LogP contribution < -0.4 is 10.8 Å². The molecule has 202 valence electrons. The summed E-state index contributed by atoms with van der Waals surface area (Å²) < 4.78 is 59.7. The highest BCUT2D eigenvalue weighted by molar-refractivity contribution is 14.1. The van der Waals surface area contributed by atoms with E-state index in [-0.39, 0.29) is 30.4 Å². The zero-order valence-electron chi connectivity index (χ0n) is 20.2. The minimum atomic E-state index is -4.57. The first-order valence-corrected chi connectivity index (χ1v) is 14.6. The monoisotopic (exact) mass is 676 g/mol. The Balaban J connectivity index is 1.76. The van der Waals surface area contributed by atoms with Gasteiger partial charge in [-0.3, -0.25) is 14.6 Å². The van der Waals surface area contributed by atoms with Crippen molar-refractivity contribution in [1.82, 2.24) is 14.8 Å².